The fourth-order valence-corrected chi connectivity index (χ4v) is 6.21. The maximum Gasteiger partial charge on any atom is 0.252 e. The van der Waals surface area contributed by atoms with Crippen molar-refractivity contribution < 1.29 is 13.2 Å². The third kappa shape index (κ3) is 4.17. The first-order valence-corrected chi connectivity index (χ1v) is 10.8. The molecule has 2 aliphatic rings. The number of nitrogens with one attached hydrogen (secondary N) is 1. The summed E-state index contributed by atoms with van der Waals surface area (Å²) in [6, 6.07) is 3.85. The Balaban J connectivity index is 1.49. The van der Waals surface area contributed by atoms with Crippen molar-refractivity contribution in [1.82, 2.24) is 14.5 Å². The van der Waals surface area contributed by atoms with E-state index in [-0.39, 0.29) is 5.91 Å². The van der Waals surface area contributed by atoms with Gasteiger partial charge in [-0.1, -0.05) is 12.8 Å². The monoisotopic (exact) mass is 371 g/mol. The van der Waals surface area contributed by atoms with Gasteiger partial charge in [-0.05, 0) is 31.9 Å². The highest BCUT2D eigenvalue weighted by Gasteiger charge is 2.30. The molecule has 1 N–H and O–H groups in total. The van der Waals surface area contributed by atoms with Crippen LogP contribution in [-0.4, -0.2) is 62.3 Å². The van der Waals surface area contributed by atoms with Crippen LogP contribution in [0.15, 0.2) is 16.3 Å². The first kappa shape index (κ1) is 17.8. The molecule has 1 aliphatic heterocycles. The van der Waals surface area contributed by atoms with E-state index in [1.165, 1.54) is 28.5 Å². The number of hydrogen-bond donors (Lipinski definition) is 1. The first-order chi connectivity index (χ1) is 11.4. The average Bonchev–Trinajstić information content (AvgIpc) is 3.19. The summed E-state index contributed by atoms with van der Waals surface area (Å²) in [5.74, 6) is 0.0621. The lowest BCUT2D eigenvalue weighted by Gasteiger charge is -2.33. The number of hydrogen-bond acceptors (Lipinski definition) is 5. The number of nitrogens with zero attached hydrogens (tertiary/aromatic N) is 2. The molecule has 0 radical (unpaired) electrons. The van der Waals surface area contributed by atoms with Crippen molar-refractivity contribution in [3.63, 3.8) is 0 Å². The number of carbonyl (C=O) groups excluding carboxylic acids is 1. The molecule has 6 nitrogen and oxygen atoms in total. The molecule has 3 rings (SSSR count). The van der Waals surface area contributed by atoms with Crippen LogP contribution in [0.3, 0.4) is 0 Å². The molecular formula is C16H25N3O3S2. The maximum atomic E-state index is 12.6. The highest BCUT2D eigenvalue weighted by atomic mass is 32.2. The van der Waals surface area contributed by atoms with Gasteiger partial charge in [0.1, 0.15) is 4.21 Å². The van der Waals surface area contributed by atoms with Crippen molar-refractivity contribution in [2.24, 2.45) is 0 Å². The molecule has 0 bridgehead atoms. The number of rotatable bonds is 5. The van der Waals surface area contributed by atoms with E-state index in [0.29, 0.717) is 43.0 Å². The van der Waals surface area contributed by atoms with Gasteiger partial charge in [-0.3, -0.25) is 9.69 Å². The third-order valence-electron chi connectivity index (χ3n) is 4.73. The second kappa shape index (κ2) is 7.51. The van der Waals surface area contributed by atoms with Gasteiger partial charge in [0, 0.05) is 37.1 Å². The molecule has 8 heteroatoms. The summed E-state index contributed by atoms with van der Waals surface area (Å²) in [7, 11) is -3.39. The number of piperazine rings is 1. The number of amides is 1. The molecule has 1 saturated carbocycles. The van der Waals surface area contributed by atoms with E-state index in [4.69, 9.17) is 0 Å². The van der Waals surface area contributed by atoms with E-state index in [2.05, 4.69) is 5.32 Å². The molecule has 1 aromatic rings. The van der Waals surface area contributed by atoms with E-state index in [1.807, 2.05) is 17.9 Å². The van der Waals surface area contributed by atoms with Gasteiger partial charge in [0.15, 0.2) is 0 Å². The fourth-order valence-electron chi connectivity index (χ4n) is 3.35. The molecule has 24 heavy (non-hydrogen) atoms. The Morgan fingerprint density at radius 3 is 2.46 bits per heavy atom. The van der Waals surface area contributed by atoms with Crippen molar-refractivity contribution in [3.8, 4) is 0 Å². The lowest BCUT2D eigenvalue weighted by atomic mass is 10.2. The van der Waals surface area contributed by atoms with Crippen molar-refractivity contribution in [3.05, 3.63) is 17.0 Å². The summed E-state index contributed by atoms with van der Waals surface area (Å²) in [4.78, 5) is 15.1. The smallest absolute Gasteiger partial charge is 0.252 e. The van der Waals surface area contributed by atoms with Crippen molar-refractivity contribution in [2.75, 3.05) is 32.7 Å². The second-order valence-electron chi connectivity index (χ2n) is 6.59. The minimum Gasteiger partial charge on any atom is -0.352 e. The van der Waals surface area contributed by atoms with Crippen LogP contribution in [0.4, 0.5) is 0 Å². The minimum atomic E-state index is -3.39. The number of sulfonamides is 1. The van der Waals surface area contributed by atoms with Gasteiger partial charge in [0.25, 0.3) is 10.0 Å². The fraction of sp³-hybridized carbons (Fsp3) is 0.688. The number of thiophene rings is 1. The molecule has 0 unspecified atom stereocenters. The summed E-state index contributed by atoms with van der Waals surface area (Å²) >= 11 is 1.31. The van der Waals surface area contributed by atoms with Gasteiger partial charge in [0.05, 0.1) is 6.54 Å². The van der Waals surface area contributed by atoms with E-state index in [0.717, 1.165) is 17.7 Å². The lowest BCUT2D eigenvalue weighted by Crippen LogP contribution is -2.51. The molecular weight excluding hydrogens is 346 g/mol. The summed E-state index contributed by atoms with van der Waals surface area (Å²) in [5, 5.41) is 3.09. The van der Waals surface area contributed by atoms with E-state index in [9.17, 15) is 13.2 Å². The normalized spacial score (nSPS) is 21.2. The van der Waals surface area contributed by atoms with Gasteiger partial charge in [-0.25, -0.2) is 8.42 Å². The Morgan fingerprint density at radius 2 is 1.88 bits per heavy atom. The van der Waals surface area contributed by atoms with Gasteiger partial charge in [-0.15, -0.1) is 11.3 Å². The highest BCUT2D eigenvalue weighted by Crippen LogP contribution is 2.25. The molecule has 0 aromatic carbocycles. The maximum absolute atomic E-state index is 12.6. The molecule has 0 spiro atoms. The molecule has 1 saturated heterocycles. The highest BCUT2D eigenvalue weighted by molar-refractivity contribution is 7.91. The van der Waals surface area contributed by atoms with E-state index < -0.39 is 10.0 Å². The standard InChI is InChI=1S/C16H25N3O3S2/c1-13-6-7-16(23-13)24(21,22)19-10-8-18(9-11-19)12-15(20)17-14-4-2-3-5-14/h6-7,14H,2-5,8-12H2,1H3,(H,17,20). The predicted molar refractivity (Wildman–Crippen MR) is 94.7 cm³/mol. The molecule has 1 aromatic heterocycles. The molecule has 1 aliphatic carbocycles. The summed E-state index contributed by atoms with van der Waals surface area (Å²) in [5.41, 5.74) is 0. The van der Waals surface area contributed by atoms with Crippen LogP contribution >= 0.6 is 11.3 Å². The molecule has 1 amide bonds. The van der Waals surface area contributed by atoms with Gasteiger partial charge < -0.3 is 5.32 Å². The van der Waals surface area contributed by atoms with Gasteiger partial charge in [0.2, 0.25) is 5.91 Å². The van der Waals surface area contributed by atoms with Gasteiger partial charge in [-0.2, -0.15) is 4.31 Å². The Bertz CT molecular complexity index is 672. The zero-order valence-corrected chi connectivity index (χ0v) is 15.7. The van der Waals surface area contributed by atoms with Crippen molar-refractivity contribution in [2.45, 2.75) is 42.9 Å². The second-order valence-corrected chi connectivity index (χ2v) is 10.0. The van der Waals surface area contributed by atoms with Crippen LogP contribution < -0.4 is 5.32 Å². The zero-order valence-electron chi connectivity index (χ0n) is 14.0. The molecule has 2 heterocycles. The number of aryl methyl sites for hydroxylation is 1. The van der Waals surface area contributed by atoms with Crippen LogP contribution in [-0.2, 0) is 14.8 Å². The molecule has 2 fully saturated rings. The zero-order chi connectivity index (χ0) is 17.2. The van der Waals surface area contributed by atoms with Crippen LogP contribution in [0.2, 0.25) is 0 Å². The van der Waals surface area contributed by atoms with Crippen LogP contribution in [0.1, 0.15) is 30.6 Å². The quantitative estimate of drug-likeness (QED) is 0.850. The SMILES string of the molecule is Cc1ccc(S(=O)(=O)N2CCN(CC(=O)NC3CCCC3)CC2)s1. The molecule has 134 valence electrons. The Kier molecular flexibility index (Phi) is 5.59. The summed E-state index contributed by atoms with van der Waals surface area (Å²) in [6.07, 6.45) is 4.56. The summed E-state index contributed by atoms with van der Waals surface area (Å²) in [6.45, 7) is 4.35. The Morgan fingerprint density at radius 1 is 1.21 bits per heavy atom. The predicted octanol–water partition coefficient (Wildman–Crippen LogP) is 1.42. The molecule has 0 atom stereocenters. The first-order valence-electron chi connectivity index (χ1n) is 8.53. The van der Waals surface area contributed by atoms with Crippen molar-refractivity contribution in [1.29, 1.82) is 0 Å². The van der Waals surface area contributed by atoms with E-state index >= 15 is 0 Å². The largest absolute Gasteiger partial charge is 0.352 e. The van der Waals surface area contributed by atoms with Crippen molar-refractivity contribution >= 4 is 27.3 Å². The van der Waals surface area contributed by atoms with E-state index in [1.54, 1.807) is 6.07 Å². The minimum absolute atomic E-state index is 0.0621. The lowest BCUT2D eigenvalue weighted by molar-refractivity contribution is -0.123. The Hall–Kier alpha value is -0.960. The van der Waals surface area contributed by atoms with Gasteiger partial charge >= 0.3 is 0 Å². The number of carbonyl (C=O) groups is 1. The summed E-state index contributed by atoms with van der Waals surface area (Å²) < 4.78 is 27.1. The van der Waals surface area contributed by atoms with Crippen LogP contribution in [0.25, 0.3) is 0 Å². The van der Waals surface area contributed by atoms with Crippen LogP contribution in [0.5, 0.6) is 0 Å². The average molecular weight is 372 g/mol. The topological polar surface area (TPSA) is 69.7 Å². The third-order valence-corrected chi connectivity index (χ3v) is 8.10. The van der Waals surface area contributed by atoms with Crippen LogP contribution in [0, 0.1) is 6.92 Å². The Labute approximate surface area is 147 Å².